The molecule has 2 aliphatic heterocycles. The molecule has 0 radical (unpaired) electrons. The van der Waals surface area contributed by atoms with Gasteiger partial charge in [0, 0.05) is 41.4 Å². The fourth-order valence-electron chi connectivity index (χ4n) is 6.23. The number of phenolic OH excluding ortho intramolecular Hbond substituents is 1. The molecule has 0 spiro atoms. The van der Waals surface area contributed by atoms with Crippen LogP contribution in [0.1, 0.15) is 54.5 Å². The number of pyridine rings is 1. The molecule has 212 valence electrons. The molecule has 2 saturated heterocycles. The van der Waals surface area contributed by atoms with Crippen molar-refractivity contribution < 1.29 is 5.11 Å². The smallest absolute Gasteiger partial charge is 0.174 e. The molecular weight excluding hydrogens is 573 g/mol. The average Bonchev–Trinajstić information content (AvgIpc) is 3.45. The molecule has 0 unspecified atom stereocenters. The van der Waals surface area contributed by atoms with Gasteiger partial charge in [0.15, 0.2) is 5.11 Å². The first-order valence-electron chi connectivity index (χ1n) is 14.0. The van der Waals surface area contributed by atoms with Crippen LogP contribution in [0.15, 0.2) is 66.9 Å². The van der Waals surface area contributed by atoms with Crippen LogP contribution >= 0.6 is 35.4 Å². The highest BCUT2D eigenvalue weighted by molar-refractivity contribution is 7.80. The van der Waals surface area contributed by atoms with E-state index in [9.17, 15) is 5.11 Å². The number of halogens is 2. The topological polar surface area (TPSA) is 56.6 Å². The van der Waals surface area contributed by atoms with Crippen molar-refractivity contribution in [3.05, 3.63) is 99.6 Å². The molecule has 2 N–H and O–H groups in total. The predicted octanol–water partition coefficient (Wildman–Crippen LogP) is 7.91. The Bertz CT molecular complexity index is 1600. The third-order valence-corrected chi connectivity index (χ3v) is 9.25. The van der Waals surface area contributed by atoms with Crippen LogP contribution in [0.2, 0.25) is 10.0 Å². The summed E-state index contributed by atoms with van der Waals surface area (Å²) in [6.07, 6.45) is 4.14. The molecule has 0 amide bonds. The van der Waals surface area contributed by atoms with Crippen molar-refractivity contribution >= 4 is 51.9 Å². The Balaban J connectivity index is 1.45. The summed E-state index contributed by atoms with van der Waals surface area (Å²) < 4.78 is 2.04. The maximum absolute atomic E-state index is 10.7. The zero-order chi connectivity index (χ0) is 28.8. The number of aromatic hydroxyl groups is 1. The summed E-state index contributed by atoms with van der Waals surface area (Å²) in [5.74, 6) is 0.907. The number of piperidine rings is 1. The lowest BCUT2D eigenvalue weighted by Crippen LogP contribution is -2.33. The van der Waals surface area contributed by atoms with Crippen LogP contribution in [-0.2, 0) is 0 Å². The number of aryl methyl sites for hydroxylation is 1. The number of benzene rings is 2. The van der Waals surface area contributed by atoms with Crippen LogP contribution in [-0.4, -0.2) is 32.9 Å². The van der Waals surface area contributed by atoms with Crippen molar-refractivity contribution in [2.75, 3.05) is 22.9 Å². The molecule has 9 heteroatoms. The predicted molar refractivity (Wildman–Crippen MR) is 172 cm³/mol. The Morgan fingerprint density at radius 2 is 1.76 bits per heavy atom. The first kappa shape index (κ1) is 27.9. The Labute approximate surface area is 256 Å². The first-order valence-corrected chi connectivity index (χ1v) is 15.1. The molecule has 6 rings (SSSR count). The fourth-order valence-corrected chi connectivity index (χ4v) is 7.04. The van der Waals surface area contributed by atoms with Crippen LogP contribution < -0.4 is 15.1 Å². The van der Waals surface area contributed by atoms with Gasteiger partial charge in [0.1, 0.15) is 5.75 Å². The molecule has 2 aliphatic rings. The van der Waals surface area contributed by atoms with Crippen molar-refractivity contribution in [3.63, 3.8) is 0 Å². The Kier molecular flexibility index (Phi) is 7.62. The summed E-state index contributed by atoms with van der Waals surface area (Å²) >= 11 is 19.3. The Morgan fingerprint density at radius 3 is 2.46 bits per heavy atom. The van der Waals surface area contributed by atoms with E-state index in [2.05, 4.69) is 47.2 Å². The standard InChI is InChI=1S/C32H33Cl2N5OS/c1-19-11-14-37(15-12-19)27-9-8-23(18-25(27)34)39-31(30(36-32(39)41)26-6-4-5-13-35-26)24-16-20(2)38(21(24)3)28-17-22(33)7-10-29(28)40/h4-10,13,16-19,30-31,40H,11-12,14-15H2,1-3H3,(H,36,41)/t30-,31+/m1/s1. The minimum Gasteiger partial charge on any atom is -0.506 e. The van der Waals surface area contributed by atoms with E-state index in [0.717, 1.165) is 53.0 Å². The molecule has 0 aliphatic carbocycles. The lowest BCUT2D eigenvalue weighted by molar-refractivity contribution is 0.438. The van der Waals surface area contributed by atoms with Gasteiger partial charge in [-0.15, -0.1) is 0 Å². The first-order chi connectivity index (χ1) is 19.7. The van der Waals surface area contributed by atoms with E-state index >= 15 is 0 Å². The molecule has 2 aromatic heterocycles. The van der Waals surface area contributed by atoms with Gasteiger partial charge in [0.05, 0.1) is 34.2 Å². The summed E-state index contributed by atoms with van der Waals surface area (Å²) in [5, 5.41) is 16.2. The largest absolute Gasteiger partial charge is 0.506 e. The maximum atomic E-state index is 10.7. The van der Waals surface area contributed by atoms with Crippen LogP contribution in [0.25, 0.3) is 5.69 Å². The quantitative estimate of drug-likeness (QED) is 0.225. The Hall–Kier alpha value is -3.26. The fraction of sp³-hybridized carbons (Fsp3) is 0.312. The third-order valence-electron chi connectivity index (χ3n) is 8.40. The van der Waals surface area contributed by atoms with Gasteiger partial charge in [-0.05, 0) is 105 Å². The van der Waals surface area contributed by atoms with E-state index in [1.54, 1.807) is 24.4 Å². The van der Waals surface area contributed by atoms with E-state index in [0.29, 0.717) is 20.8 Å². The van der Waals surface area contributed by atoms with Gasteiger partial charge in [-0.2, -0.15) is 0 Å². The molecule has 41 heavy (non-hydrogen) atoms. The van der Waals surface area contributed by atoms with Gasteiger partial charge in [0.2, 0.25) is 0 Å². The third kappa shape index (κ3) is 5.16. The number of rotatable bonds is 5. The molecule has 2 fully saturated rings. The van der Waals surface area contributed by atoms with Gasteiger partial charge in [-0.25, -0.2) is 0 Å². The minimum atomic E-state index is -0.212. The maximum Gasteiger partial charge on any atom is 0.174 e. The molecule has 2 atom stereocenters. The van der Waals surface area contributed by atoms with E-state index in [-0.39, 0.29) is 17.8 Å². The number of thiocarbonyl (C=S) groups is 1. The normalized spacial score (nSPS) is 19.6. The Morgan fingerprint density at radius 1 is 0.976 bits per heavy atom. The molecule has 4 heterocycles. The van der Waals surface area contributed by atoms with E-state index in [4.69, 9.17) is 40.4 Å². The number of nitrogens with one attached hydrogen (secondary N) is 1. The van der Waals surface area contributed by atoms with Crippen molar-refractivity contribution in [3.8, 4) is 11.4 Å². The molecular formula is C32H33Cl2N5OS. The van der Waals surface area contributed by atoms with Crippen LogP contribution in [0, 0.1) is 19.8 Å². The summed E-state index contributed by atoms with van der Waals surface area (Å²) in [7, 11) is 0. The van der Waals surface area contributed by atoms with E-state index in [1.165, 1.54) is 12.8 Å². The van der Waals surface area contributed by atoms with Crippen molar-refractivity contribution in [2.45, 2.75) is 45.7 Å². The van der Waals surface area contributed by atoms with Gasteiger partial charge in [-0.1, -0.05) is 36.2 Å². The number of phenols is 1. The number of nitrogens with zero attached hydrogens (tertiary/aromatic N) is 4. The molecule has 6 nitrogen and oxygen atoms in total. The van der Waals surface area contributed by atoms with Gasteiger partial charge >= 0.3 is 0 Å². The number of hydrogen-bond donors (Lipinski definition) is 2. The van der Waals surface area contributed by atoms with Crippen LogP contribution in [0.5, 0.6) is 5.75 Å². The number of hydrogen-bond acceptors (Lipinski definition) is 4. The highest BCUT2D eigenvalue weighted by Gasteiger charge is 2.42. The summed E-state index contributed by atoms with van der Waals surface area (Å²) in [4.78, 5) is 9.22. The molecule has 0 saturated carbocycles. The van der Waals surface area contributed by atoms with Crippen molar-refractivity contribution in [2.24, 2.45) is 5.92 Å². The number of anilines is 2. The van der Waals surface area contributed by atoms with Gasteiger partial charge < -0.3 is 24.8 Å². The van der Waals surface area contributed by atoms with Gasteiger partial charge in [0.25, 0.3) is 0 Å². The van der Waals surface area contributed by atoms with Crippen LogP contribution in [0.3, 0.4) is 0 Å². The second kappa shape index (κ2) is 11.2. The lowest BCUT2D eigenvalue weighted by Gasteiger charge is -2.33. The second-order valence-electron chi connectivity index (χ2n) is 11.1. The van der Waals surface area contributed by atoms with E-state index in [1.807, 2.05) is 35.8 Å². The summed E-state index contributed by atoms with van der Waals surface area (Å²) in [5.41, 5.74) is 6.52. The highest BCUT2D eigenvalue weighted by atomic mass is 35.5. The molecule has 0 bridgehead atoms. The molecule has 2 aromatic carbocycles. The zero-order valence-corrected chi connectivity index (χ0v) is 25.6. The summed E-state index contributed by atoms with van der Waals surface area (Å²) in [6, 6.07) is 19.0. The van der Waals surface area contributed by atoms with Crippen molar-refractivity contribution in [1.29, 1.82) is 0 Å². The minimum absolute atomic E-state index is 0.162. The summed E-state index contributed by atoms with van der Waals surface area (Å²) in [6.45, 7) is 8.42. The second-order valence-corrected chi connectivity index (χ2v) is 12.3. The highest BCUT2D eigenvalue weighted by Crippen LogP contribution is 2.45. The van der Waals surface area contributed by atoms with Crippen LogP contribution in [0.4, 0.5) is 11.4 Å². The van der Waals surface area contributed by atoms with Gasteiger partial charge in [-0.3, -0.25) is 4.98 Å². The monoisotopic (exact) mass is 605 g/mol. The molecule has 4 aromatic rings. The zero-order valence-electron chi connectivity index (χ0n) is 23.3. The average molecular weight is 607 g/mol. The SMILES string of the molecule is Cc1cc([C@H]2[C@@H](c3ccccn3)NC(=S)N2c2ccc(N3CCC(C)CC3)c(Cl)c2)c(C)n1-c1cc(Cl)ccc1O. The van der Waals surface area contributed by atoms with E-state index < -0.39 is 0 Å². The van der Waals surface area contributed by atoms with Crippen molar-refractivity contribution in [1.82, 2.24) is 14.9 Å². The lowest BCUT2D eigenvalue weighted by atomic mass is 9.96. The number of aromatic nitrogens is 2.